The Hall–Kier alpha value is -2.34. The van der Waals surface area contributed by atoms with Crippen LogP contribution in [0.25, 0.3) is 5.69 Å². The van der Waals surface area contributed by atoms with Crippen molar-refractivity contribution in [2.45, 2.75) is 30.9 Å². The van der Waals surface area contributed by atoms with E-state index in [-0.39, 0.29) is 12.4 Å². The first-order valence-corrected chi connectivity index (χ1v) is 8.56. The molecule has 0 amide bonds. The SMILES string of the molecule is CC(C)Sc1nnc(COc2ccccc2)n1-c1cccc(F)c1. The standard InChI is InChI=1S/C18H18FN3OS/c1-13(2)24-18-21-20-17(12-23-16-9-4-3-5-10-16)22(18)15-8-6-7-14(19)11-15/h3-11,13H,12H2,1-2H3. The summed E-state index contributed by atoms with van der Waals surface area (Å²) in [6.45, 7) is 4.41. The van der Waals surface area contributed by atoms with Crippen LogP contribution in [-0.2, 0) is 6.61 Å². The second-order valence-electron chi connectivity index (χ2n) is 5.48. The fourth-order valence-corrected chi connectivity index (χ4v) is 3.05. The van der Waals surface area contributed by atoms with Crippen molar-refractivity contribution in [3.8, 4) is 11.4 Å². The highest BCUT2D eigenvalue weighted by atomic mass is 32.2. The second kappa shape index (κ2) is 7.49. The summed E-state index contributed by atoms with van der Waals surface area (Å²) in [4.78, 5) is 0. The van der Waals surface area contributed by atoms with Crippen LogP contribution in [0.5, 0.6) is 5.75 Å². The fourth-order valence-electron chi connectivity index (χ4n) is 2.22. The van der Waals surface area contributed by atoms with Crippen molar-refractivity contribution in [3.63, 3.8) is 0 Å². The largest absolute Gasteiger partial charge is 0.486 e. The summed E-state index contributed by atoms with van der Waals surface area (Å²) in [5, 5.41) is 9.54. The highest BCUT2D eigenvalue weighted by Gasteiger charge is 2.16. The Morgan fingerprint density at radius 2 is 1.88 bits per heavy atom. The molecule has 6 heteroatoms. The van der Waals surface area contributed by atoms with E-state index in [9.17, 15) is 4.39 Å². The van der Waals surface area contributed by atoms with Gasteiger partial charge in [0.15, 0.2) is 11.0 Å². The molecule has 0 spiro atoms. The van der Waals surface area contributed by atoms with Gasteiger partial charge in [0.25, 0.3) is 0 Å². The van der Waals surface area contributed by atoms with Crippen molar-refractivity contribution in [1.29, 1.82) is 0 Å². The molecule has 2 aromatic carbocycles. The number of hydrogen-bond donors (Lipinski definition) is 0. The van der Waals surface area contributed by atoms with E-state index < -0.39 is 0 Å². The number of thioether (sulfide) groups is 1. The summed E-state index contributed by atoms with van der Waals surface area (Å²) in [6, 6.07) is 15.9. The van der Waals surface area contributed by atoms with Crippen LogP contribution in [0.2, 0.25) is 0 Å². The average molecular weight is 343 g/mol. The molecule has 0 unspecified atom stereocenters. The molecule has 1 heterocycles. The Balaban J connectivity index is 1.92. The molecule has 0 atom stereocenters. The maximum absolute atomic E-state index is 13.6. The molecule has 0 saturated carbocycles. The first kappa shape index (κ1) is 16.5. The Bertz CT molecular complexity index is 805. The minimum absolute atomic E-state index is 0.256. The van der Waals surface area contributed by atoms with Gasteiger partial charge in [0.1, 0.15) is 18.2 Å². The van der Waals surface area contributed by atoms with Crippen LogP contribution in [0.1, 0.15) is 19.7 Å². The molecule has 0 aliphatic heterocycles. The van der Waals surface area contributed by atoms with Gasteiger partial charge in [-0.3, -0.25) is 4.57 Å². The molecule has 3 rings (SSSR count). The Morgan fingerprint density at radius 1 is 1.08 bits per heavy atom. The van der Waals surface area contributed by atoms with Gasteiger partial charge in [-0.25, -0.2) is 4.39 Å². The van der Waals surface area contributed by atoms with Gasteiger partial charge in [-0.1, -0.05) is 49.9 Å². The second-order valence-corrected chi connectivity index (χ2v) is 7.03. The quantitative estimate of drug-likeness (QED) is 0.619. The Kier molecular flexibility index (Phi) is 5.15. The lowest BCUT2D eigenvalue weighted by Gasteiger charge is -2.12. The van der Waals surface area contributed by atoms with Gasteiger partial charge < -0.3 is 4.74 Å². The zero-order valence-electron chi connectivity index (χ0n) is 13.5. The highest BCUT2D eigenvalue weighted by Crippen LogP contribution is 2.26. The van der Waals surface area contributed by atoms with E-state index >= 15 is 0 Å². The molecule has 0 aliphatic carbocycles. The van der Waals surface area contributed by atoms with Gasteiger partial charge in [0.2, 0.25) is 0 Å². The van der Waals surface area contributed by atoms with Crippen LogP contribution in [0.15, 0.2) is 59.8 Å². The number of halogens is 1. The van der Waals surface area contributed by atoms with Gasteiger partial charge in [-0.05, 0) is 30.3 Å². The van der Waals surface area contributed by atoms with E-state index in [0.717, 1.165) is 10.9 Å². The van der Waals surface area contributed by atoms with E-state index in [0.29, 0.717) is 16.8 Å². The first-order chi connectivity index (χ1) is 11.6. The summed E-state index contributed by atoms with van der Waals surface area (Å²) >= 11 is 1.58. The van der Waals surface area contributed by atoms with Crippen molar-refractivity contribution in [1.82, 2.24) is 14.8 Å². The van der Waals surface area contributed by atoms with E-state index in [4.69, 9.17) is 4.74 Å². The van der Waals surface area contributed by atoms with Gasteiger partial charge in [0.05, 0.1) is 5.69 Å². The predicted octanol–water partition coefficient (Wildman–Crippen LogP) is 4.49. The third-order valence-electron chi connectivity index (χ3n) is 3.22. The van der Waals surface area contributed by atoms with Crippen molar-refractivity contribution in [3.05, 3.63) is 66.2 Å². The predicted molar refractivity (Wildman–Crippen MR) is 93.1 cm³/mol. The molecular weight excluding hydrogens is 325 g/mol. The monoisotopic (exact) mass is 343 g/mol. The molecule has 1 aromatic heterocycles. The van der Waals surface area contributed by atoms with E-state index in [1.54, 1.807) is 17.8 Å². The van der Waals surface area contributed by atoms with Crippen molar-refractivity contribution < 1.29 is 9.13 Å². The van der Waals surface area contributed by atoms with Crippen LogP contribution < -0.4 is 4.74 Å². The maximum atomic E-state index is 13.6. The summed E-state index contributed by atoms with van der Waals surface area (Å²) in [5.74, 6) is 1.09. The van der Waals surface area contributed by atoms with Crippen LogP contribution >= 0.6 is 11.8 Å². The van der Waals surface area contributed by atoms with Gasteiger partial charge in [0, 0.05) is 5.25 Å². The number of para-hydroxylation sites is 1. The third-order valence-corrected chi connectivity index (χ3v) is 4.17. The number of hydrogen-bond acceptors (Lipinski definition) is 4. The Labute approximate surface area is 144 Å². The molecular formula is C18H18FN3OS. The van der Waals surface area contributed by atoms with Gasteiger partial charge in [-0.2, -0.15) is 0 Å². The zero-order chi connectivity index (χ0) is 16.9. The molecule has 24 heavy (non-hydrogen) atoms. The molecule has 0 radical (unpaired) electrons. The average Bonchev–Trinajstić information content (AvgIpc) is 2.96. The summed E-state index contributed by atoms with van der Waals surface area (Å²) in [6.07, 6.45) is 0. The minimum Gasteiger partial charge on any atom is -0.486 e. The number of aromatic nitrogens is 3. The molecule has 124 valence electrons. The molecule has 0 N–H and O–H groups in total. The smallest absolute Gasteiger partial charge is 0.196 e. The Morgan fingerprint density at radius 3 is 2.58 bits per heavy atom. The molecule has 0 bridgehead atoms. The summed E-state index contributed by atoms with van der Waals surface area (Å²) in [7, 11) is 0. The maximum Gasteiger partial charge on any atom is 0.196 e. The number of benzene rings is 2. The third kappa shape index (κ3) is 3.94. The van der Waals surface area contributed by atoms with Crippen molar-refractivity contribution in [2.75, 3.05) is 0 Å². The lowest BCUT2D eigenvalue weighted by atomic mass is 10.3. The van der Waals surface area contributed by atoms with E-state index in [2.05, 4.69) is 24.0 Å². The van der Waals surface area contributed by atoms with Crippen LogP contribution in [-0.4, -0.2) is 20.0 Å². The molecule has 0 aliphatic rings. The number of nitrogens with zero attached hydrogens (tertiary/aromatic N) is 3. The molecule has 3 aromatic rings. The molecule has 4 nitrogen and oxygen atoms in total. The van der Waals surface area contributed by atoms with Crippen LogP contribution in [0, 0.1) is 5.82 Å². The van der Waals surface area contributed by atoms with E-state index in [1.807, 2.05) is 41.0 Å². The summed E-state index contributed by atoms with van der Waals surface area (Å²) in [5.41, 5.74) is 0.690. The normalized spacial score (nSPS) is 11.0. The lowest BCUT2D eigenvalue weighted by Crippen LogP contribution is -2.07. The molecule has 0 fully saturated rings. The van der Waals surface area contributed by atoms with Crippen LogP contribution in [0.3, 0.4) is 0 Å². The van der Waals surface area contributed by atoms with E-state index in [1.165, 1.54) is 12.1 Å². The lowest BCUT2D eigenvalue weighted by molar-refractivity contribution is 0.293. The summed E-state index contributed by atoms with van der Waals surface area (Å²) < 4.78 is 21.3. The zero-order valence-corrected chi connectivity index (χ0v) is 14.3. The van der Waals surface area contributed by atoms with Crippen LogP contribution in [0.4, 0.5) is 4.39 Å². The topological polar surface area (TPSA) is 39.9 Å². The number of ether oxygens (including phenoxy) is 1. The fraction of sp³-hybridized carbons (Fsp3) is 0.222. The number of rotatable bonds is 6. The van der Waals surface area contributed by atoms with Gasteiger partial charge in [-0.15, -0.1) is 10.2 Å². The highest BCUT2D eigenvalue weighted by molar-refractivity contribution is 7.99. The van der Waals surface area contributed by atoms with Crippen molar-refractivity contribution in [2.24, 2.45) is 0 Å². The first-order valence-electron chi connectivity index (χ1n) is 7.68. The minimum atomic E-state index is -0.295. The van der Waals surface area contributed by atoms with Gasteiger partial charge >= 0.3 is 0 Å². The van der Waals surface area contributed by atoms with Crippen molar-refractivity contribution >= 4 is 11.8 Å². The molecule has 0 saturated heterocycles.